The largest absolute Gasteiger partial charge is 0.377 e. The van der Waals surface area contributed by atoms with Crippen LogP contribution in [0.5, 0.6) is 0 Å². The van der Waals surface area contributed by atoms with Crippen molar-refractivity contribution >= 4 is 21.6 Å². The molecule has 2 aromatic carbocycles. The SMILES string of the molecule is O=C(c1ccc(S(=O)(=O)NC[C@@H]2CCCO2)cc1)N1CCc2ccccc21. The van der Waals surface area contributed by atoms with E-state index in [2.05, 4.69) is 4.72 Å². The maximum atomic E-state index is 12.8. The molecule has 6 nitrogen and oxygen atoms in total. The summed E-state index contributed by atoms with van der Waals surface area (Å²) in [4.78, 5) is 14.7. The Bertz CT molecular complexity index is 935. The van der Waals surface area contributed by atoms with Crippen molar-refractivity contribution < 1.29 is 17.9 Å². The Labute approximate surface area is 159 Å². The minimum Gasteiger partial charge on any atom is -0.377 e. The molecule has 1 amide bonds. The highest BCUT2D eigenvalue weighted by molar-refractivity contribution is 7.89. The van der Waals surface area contributed by atoms with E-state index < -0.39 is 10.0 Å². The molecule has 1 saturated heterocycles. The van der Waals surface area contributed by atoms with Gasteiger partial charge in [-0.2, -0.15) is 0 Å². The zero-order valence-corrected chi connectivity index (χ0v) is 15.7. The number of benzene rings is 2. The zero-order valence-electron chi connectivity index (χ0n) is 14.9. The number of fused-ring (bicyclic) bond motifs is 1. The van der Waals surface area contributed by atoms with Crippen LogP contribution in [0.2, 0.25) is 0 Å². The van der Waals surface area contributed by atoms with Crippen molar-refractivity contribution in [3.05, 3.63) is 59.7 Å². The number of carbonyl (C=O) groups is 1. The molecular weight excluding hydrogens is 364 g/mol. The van der Waals surface area contributed by atoms with Gasteiger partial charge in [0.1, 0.15) is 0 Å². The van der Waals surface area contributed by atoms with Gasteiger partial charge in [-0.1, -0.05) is 18.2 Å². The molecule has 0 aromatic heterocycles. The molecule has 0 unspecified atom stereocenters. The summed E-state index contributed by atoms with van der Waals surface area (Å²) in [5, 5.41) is 0. The Morgan fingerprint density at radius 1 is 1.15 bits per heavy atom. The number of anilines is 1. The number of hydrogen-bond donors (Lipinski definition) is 1. The molecule has 0 radical (unpaired) electrons. The standard InChI is InChI=1S/C20H22N2O4S/c23-20(22-12-11-15-4-1-2-6-19(15)22)16-7-9-18(10-8-16)27(24,25)21-14-17-5-3-13-26-17/h1-2,4,6-10,17,21H,3,5,11-14H2/t17-/m0/s1. The lowest BCUT2D eigenvalue weighted by molar-refractivity contribution is 0.0989. The summed E-state index contributed by atoms with van der Waals surface area (Å²) >= 11 is 0. The average Bonchev–Trinajstić information content (AvgIpc) is 3.36. The number of sulfonamides is 1. The van der Waals surface area contributed by atoms with Crippen molar-refractivity contribution in [3.8, 4) is 0 Å². The summed E-state index contributed by atoms with van der Waals surface area (Å²) in [6, 6.07) is 14.0. The topological polar surface area (TPSA) is 75.7 Å². The molecule has 2 aliphatic rings. The second-order valence-corrected chi connectivity index (χ2v) is 8.61. The van der Waals surface area contributed by atoms with Crippen LogP contribution in [0.15, 0.2) is 53.4 Å². The van der Waals surface area contributed by atoms with Gasteiger partial charge in [-0.05, 0) is 55.2 Å². The number of ether oxygens (including phenoxy) is 1. The van der Waals surface area contributed by atoms with Gasteiger partial charge in [-0.15, -0.1) is 0 Å². The molecule has 4 rings (SSSR count). The van der Waals surface area contributed by atoms with Crippen molar-refractivity contribution in [2.45, 2.75) is 30.3 Å². The smallest absolute Gasteiger partial charge is 0.258 e. The predicted octanol–water partition coefficient (Wildman–Crippen LogP) is 2.35. The van der Waals surface area contributed by atoms with Gasteiger partial charge in [0.2, 0.25) is 10.0 Å². The second kappa shape index (κ2) is 7.42. The van der Waals surface area contributed by atoms with Crippen LogP contribution in [0.1, 0.15) is 28.8 Å². The van der Waals surface area contributed by atoms with E-state index in [1.807, 2.05) is 24.3 Å². The Morgan fingerprint density at radius 2 is 1.93 bits per heavy atom. The fraction of sp³-hybridized carbons (Fsp3) is 0.350. The van der Waals surface area contributed by atoms with Crippen LogP contribution in [0.3, 0.4) is 0 Å². The fourth-order valence-electron chi connectivity index (χ4n) is 3.57. The lowest BCUT2D eigenvalue weighted by Crippen LogP contribution is -2.32. The van der Waals surface area contributed by atoms with Crippen LogP contribution in [0.4, 0.5) is 5.69 Å². The van der Waals surface area contributed by atoms with Gasteiger partial charge >= 0.3 is 0 Å². The Balaban J connectivity index is 1.46. The third-order valence-corrected chi connectivity index (χ3v) is 6.51. The molecule has 1 N–H and O–H groups in total. The maximum absolute atomic E-state index is 12.8. The summed E-state index contributed by atoms with van der Waals surface area (Å²) < 4.78 is 32.9. The minimum atomic E-state index is -3.61. The molecule has 0 aliphatic carbocycles. The molecule has 2 aliphatic heterocycles. The molecular formula is C20H22N2O4S. The number of hydrogen-bond acceptors (Lipinski definition) is 4. The van der Waals surface area contributed by atoms with E-state index in [0.29, 0.717) is 18.7 Å². The molecule has 1 fully saturated rings. The molecule has 142 valence electrons. The van der Waals surface area contributed by atoms with E-state index in [1.165, 1.54) is 12.1 Å². The summed E-state index contributed by atoms with van der Waals surface area (Å²) in [7, 11) is -3.61. The molecule has 2 aromatic rings. The van der Waals surface area contributed by atoms with Gasteiger partial charge in [0.25, 0.3) is 5.91 Å². The molecule has 1 atom stereocenters. The van der Waals surface area contributed by atoms with E-state index in [-0.39, 0.29) is 23.5 Å². The third kappa shape index (κ3) is 3.76. The zero-order chi connectivity index (χ0) is 18.9. The van der Waals surface area contributed by atoms with Crippen molar-refractivity contribution in [2.24, 2.45) is 0 Å². The highest BCUT2D eigenvalue weighted by atomic mass is 32.2. The van der Waals surface area contributed by atoms with Crippen molar-refractivity contribution in [1.29, 1.82) is 0 Å². The van der Waals surface area contributed by atoms with E-state index >= 15 is 0 Å². The molecule has 2 heterocycles. The van der Waals surface area contributed by atoms with E-state index in [0.717, 1.165) is 30.5 Å². The predicted molar refractivity (Wildman–Crippen MR) is 102 cm³/mol. The van der Waals surface area contributed by atoms with Crippen molar-refractivity contribution in [3.63, 3.8) is 0 Å². The van der Waals surface area contributed by atoms with Crippen LogP contribution in [-0.2, 0) is 21.2 Å². The molecule has 7 heteroatoms. The molecule has 0 saturated carbocycles. The van der Waals surface area contributed by atoms with E-state index in [9.17, 15) is 13.2 Å². The van der Waals surface area contributed by atoms with E-state index in [1.54, 1.807) is 17.0 Å². The number of rotatable bonds is 5. The van der Waals surface area contributed by atoms with Crippen LogP contribution in [0, 0.1) is 0 Å². The van der Waals surface area contributed by atoms with Crippen LogP contribution in [-0.4, -0.2) is 40.1 Å². The quantitative estimate of drug-likeness (QED) is 0.856. The van der Waals surface area contributed by atoms with Gasteiger partial charge in [-0.3, -0.25) is 4.79 Å². The van der Waals surface area contributed by atoms with Crippen molar-refractivity contribution in [2.75, 3.05) is 24.6 Å². The Morgan fingerprint density at radius 3 is 2.67 bits per heavy atom. The normalized spacial score (nSPS) is 19.3. The average molecular weight is 386 g/mol. The van der Waals surface area contributed by atoms with Crippen molar-refractivity contribution in [1.82, 2.24) is 4.72 Å². The second-order valence-electron chi connectivity index (χ2n) is 6.85. The monoisotopic (exact) mass is 386 g/mol. The summed E-state index contributed by atoms with van der Waals surface area (Å²) in [5.74, 6) is -0.115. The third-order valence-electron chi connectivity index (χ3n) is 5.07. The van der Waals surface area contributed by atoms with Gasteiger partial charge in [0.05, 0.1) is 11.0 Å². The highest BCUT2D eigenvalue weighted by Gasteiger charge is 2.26. The number of nitrogens with one attached hydrogen (secondary N) is 1. The van der Waals surface area contributed by atoms with Crippen LogP contribution >= 0.6 is 0 Å². The first kappa shape index (κ1) is 18.2. The first-order chi connectivity index (χ1) is 13.0. The van der Waals surface area contributed by atoms with Gasteiger partial charge < -0.3 is 9.64 Å². The first-order valence-corrected chi connectivity index (χ1v) is 10.6. The lowest BCUT2D eigenvalue weighted by atomic mass is 10.1. The molecule has 0 bridgehead atoms. The Kier molecular flexibility index (Phi) is 4.99. The summed E-state index contributed by atoms with van der Waals surface area (Å²) in [5.41, 5.74) is 2.56. The first-order valence-electron chi connectivity index (χ1n) is 9.16. The number of nitrogens with zero attached hydrogens (tertiary/aromatic N) is 1. The number of carbonyl (C=O) groups excluding carboxylic acids is 1. The molecule has 27 heavy (non-hydrogen) atoms. The molecule has 0 spiro atoms. The lowest BCUT2D eigenvalue weighted by Gasteiger charge is -2.17. The summed E-state index contributed by atoms with van der Waals surface area (Å²) in [6.45, 7) is 1.59. The van der Waals surface area contributed by atoms with E-state index in [4.69, 9.17) is 4.74 Å². The number of para-hydroxylation sites is 1. The van der Waals surface area contributed by atoms with Gasteiger partial charge in [0, 0.05) is 30.9 Å². The Hall–Kier alpha value is -2.22. The van der Waals surface area contributed by atoms with Crippen LogP contribution < -0.4 is 9.62 Å². The highest BCUT2D eigenvalue weighted by Crippen LogP contribution is 2.29. The fourth-order valence-corrected chi connectivity index (χ4v) is 4.64. The van der Waals surface area contributed by atoms with Gasteiger partial charge in [-0.25, -0.2) is 13.1 Å². The van der Waals surface area contributed by atoms with Gasteiger partial charge in [0.15, 0.2) is 0 Å². The minimum absolute atomic E-state index is 0.0594. The number of amides is 1. The van der Waals surface area contributed by atoms with Crippen LogP contribution in [0.25, 0.3) is 0 Å². The maximum Gasteiger partial charge on any atom is 0.258 e. The summed E-state index contributed by atoms with van der Waals surface area (Å²) in [6.07, 6.45) is 2.60.